The highest BCUT2D eigenvalue weighted by Crippen LogP contribution is 2.22. The van der Waals surface area contributed by atoms with Crippen molar-refractivity contribution in [3.8, 4) is 0 Å². The maximum absolute atomic E-state index is 13.3. The van der Waals surface area contributed by atoms with E-state index in [9.17, 15) is 4.39 Å². The molecule has 0 bridgehead atoms. The Balaban J connectivity index is 2.52. The van der Waals surface area contributed by atoms with Gasteiger partial charge in [-0.25, -0.2) is 4.39 Å². The molecule has 0 radical (unpaired) electrons. The van der Waals surface area contributed by atoms with Crippen LogP contribution in [0.1, 0.15) is 44.1 Å². The van der Waals surface area contributed by atoms with Crippen LogP contribution in [0.4, 0.5) is 4.39 Å². The number of benzene rings is 1. The highest BCUT2D eigenvalue weighted by Gasteiger charge is 2.11. The van der Waals surface area contributed by atoms with Crippen LogP contribution >= 0.6 is 0 Å². The molecule has 0 aliphatic carbocycles. The Labute approximate surface area is 116 Å². The highest BCUT2D eigenvalue weighted by atomic mass is 19.1. The smallest absolute Gasteiger partial charge is 0.123 e. The normalized spacial score (nSPS) is 12.6. The van der Waals surface area contributed by atoms with Crippen molar-refractivity contribution in [2.45, 2.75) is 38.5 Å². The van der Waals surface area contributed by atoms with Crippen molar-refractivity contribution in [2.75, 3.05) is 26.8 Å². The molecule has 2 nitrogen and oxygen atoms in total. The van der Waals surface area contributed by atoms with Crippen molar-refractivity contribution in [2.24, 2.45) is 0 Å². The minimum atomic E-state index is -0.144. The number of nitrogens with one attached hydrogen (secondary N) is 1. The second-order valence-corrected chi connectivity index (χ2v) is 4.94. The Morgan fingerprint density at radius 3 is 2.84 bits per heavy atom. The predicted octanol–water partition coefficient (Wildman–Crippen LogP) is 3.73. The fourth-order valence-corrected chi connectivity index (χ4v) is 2.24. The second-order valence-electron chi connectivity index (χ2n) is 4.94. The summed E-state index contributed by atoms with van der Waals surface area (Å²) in [4.78, 5) is 0. The molecule has 0 heterocycles. The third kappa shape index (κ3) is 6.69. The first kappa shape index (κ1) is 16.1. The van der Waals surface area contributed by atoms with Crippen molar-refractivity contribution in [3.63, 3.8) is 0 Å². The Bertz CT molecular complexity index is 343. The van der Waals surface area contributed by atoms with Gasteiger partial charge in [0, 0.05) is 20.3 Å². The number of methoxy groups -OCH3 is 1. The van der Waals surface area contributed by atoms with E-state index in [4.69, 9.17) is 4.74 Å². The number of hydrogen-bond acceptors (Lipinski definition) is 2. The Morgan fingerprint density at radius 1 is 1.32 bits per heavy atom. The van der Waals surface area contributed by atoms with Gasteiger partial charge in [-0.2, -0.15) is 0 Å². The molecular weight excluding hydrogens is 241 g/mol. The third-order valence-electron chi connectivity index (χ3n) is 3.29. The molecule has 3 heteroatoms. The molecule has 1 atom stereocenters. The van der Waals surface area contributed by atoms with Crippen LogP contribution in [-0.4, -0.2) is 26.8 Å². The van der Waals surface area contributed by atoms with E-state index in [0.717, 1.165) is 50.9 Å². The number of ether oxygens (including phenoxy) is 1. The van der Waals surface area contributed by atoms with E-state index in [1.165, 1.54) is 6.07 Å². The van der Waals surface area contributed by atoms with Gasteiger partial charge in [0.15, 0.2) is 0 Å². The molecular formula is C16H26FNO. The SMILES string of the molecule is CCCNCC(CCCCOC)c1cccc(F)c1. The van der Waals surface area contributed by atoms with E-state index in [1.807, 2.05) is 6.07 Å². The average molecular weight is 267 g/mol. The maximum atomic E-state index is 13.3. The summed E-state index contributed by atoms with van der Waals surface area (Å²) in [5, 5.41) is 3.44. The molecule has 1 rings (SSSR count). The molecule has 0 fully saturated rings. The summed E-state index contributed by atoms with van der Waals surface area (Å²) >= 11 is 0. The van der Waals surface area contributed by atoms with Crippen LogP contribution in [-0.2, 0) is 4.74 Å². The minimum Gasteiger partial charge on any atom is -0.385 e. The quantitative estimate of drug-likeness (QED) is 0.652. The number of unbranched alkanes of at least 4 members (excludes halogenated alkanes) is 1. The monoisotopic (exact) mass is 267 g/mol. The largest absolute Gasteiger partial charge is 0.385 e. The van der Waals surface area contributed by atoms with Gasteiger partial charge < -0.3 is 10.1 Å². The molecule has 0 aliphatic rings. The molecule has 0 spiro atoms. The van der Waals surface area contributed by atoms with Gasteiger partial charge in [-0.3, -0.25) is 0 Å². The van der Waals surface area contributed by atoms with Crippen LogP contribution in [0.5, 0.6) is 0 Å². The zero-order chi connectivity index (χ0) is 13.9. The van der Waals surface area contributed by atoms with E-state index in [-0.39, 0.29) is 5.82 Å². The molecule has 1 N–H and O–H groups in total. The first-order chi connectivity index (χ1) is 9.27. The summed E-state index contributed by atoms with van der Waals surface area (Å²) in [7, 11) is 1.73. The number of halogens is 1. The molecule has 19 heavy (non-hydrogen) atoms. The Morgan fingerprint density at radius 2 is 2.16 bits per heavy atom. The third-order valence-corrected chi connectivity index (χ3v) is 3.29. The molecule has 0 aliphatic heterocycles. The topological polar surface area (TPSA) is 21.3 Å². The lowest BCUT2D eigenvalue weighted by atomic mass is 9.93. The van der Waals surface area contributed by atoms with E-state index < -0.39 is 0 Å². The second kappa shape index (κ2) is 9.93. The fourth-order valence-electron chi connectivity index (χ4n) is 2.24. The van der Waals surface area contributed by atoms with Gasteiger partial charge in [-0.05, 0) is 49.4 Å². The lowest BCUT2D eigenvalue weighted by molar-refractivity contribution is 0.191. The van der Waals surface area contributed by atoms with Gasteiger partial charge in [0.05, 0.1) is 0 Å². The van der Waals surface area contributed by atoms with Crippen LogP contribution in [0.25, 0.3) is 0 Å². The zero-order valence-corrected chi connectivity index (χ0v) is 12.1. The van der Waals surface area contributed by atoms with Gasteiger partial charge in [0.2, 0.25) is 0 Å². The summed E-state index contributed by atoms with van der Waals surface area (Å²) in [6.45, 7) is 4.90. The molecule has 108 valence electrons. The summed E-state index contributed by atoms with van der Waals surface area (Å²) in [5.41, 5.74) is 1.10. The van der Waals surface area contributed by atoms with Gasteiger partial charge in [-0.1, -0.05) is 25.5 Å². The van der Waals surface area contributed by atoms with Gasteiger partial charge in [0.25, 0.3) is 0 Å². The first-order valence-corrected chi connectivity index (χ1v) is 7.23. The van der Waals surface area contributed by atoms with E-state index >= 15 is 0 Å². The van der Waals surface area contributed by atoms with Crippen LogP contribution in [0.15, 0.2) is 24.3 Å². The molecule has 1 aromatic rings. The predicted molar refractivity (Wildman–Crippen MR) is 78.0 cm³/mol. The van der Waals surface area contributed by atoms with Crippen LogP contribution in [0.2, 0.25) is 0 Å². The standard InChI is InChI=1S/C16H26FNO/c1-3-10-18-13-15(7-4-5-11-19-2)14-8-6-9-16(17)12-14/h6,8-9,12,15,18H,3-5,7,10-11,13H2,1-2H3. The molecule has 1 unspecified atom stereocenters. The van der Waals surface area contributed by atoms with Gasteiger partial charge >= 0.3 is 0 Å². The van der Waals surface area contributed by atoms with Crippen molar-refractivity contribution in [1.29, 1.82) is 0 Å². The zero-order valence-electron chi connectivity index (χ0n) is 12.1. The summed E-state index contributed by atoms with van der Waals surface area (Å²) in [5.74, 6) is 0.244. The first-order valence-electron chi connectivity index (χ1n) is 7.23. The lowest BCUT2D eigenvalue weighted by Crippen LogP contribution is -2.22. The van der Waals surface area contributed by atoms with Crippen molar-refractivity contribution < 1.29 is 9.13 Å². The van der Waals surface area contributed by atoms with E-state index in [0.29, 0.717) is 5.92 Å². The molecule has 0 amide bonds. The van der Waals surface area contributed by atoms with E-state index in [1.54, 1.807) is 19.2 Å². The van der Waals surface area contributed by atoms with Crippen LogP contribution in [0.3, 0.4) is 0 Å². The fraction of sp³-hybridized carbons (Fsp3) is 0.625. The molecule has 0 saturated carbocycles. The summed E-state index contributed by atoms with van der Waals surface area (Å²) in [6.07, 6.45) is 4.38. The van der Waals surface area contributed by atoms with E-state index in [2.05, 4.69) is 12.2 Å². The summed E-state index contributed by atoms with van der Waals surface area (Å²) in [6, 6.07) is 6.99. The lowest BCUT2D eigenvalue weighted by Gasteiger charge is -2.18. The average Bonchev–Trinajstić information content (AvgIpc) is 2.41. The summed E-state index contributed by atoms with van der Waals surface area (Å²) < 4.78 is 18.4. The minimum absolute atomic E-state index is 0.144. The highest BCUT2D eigenvalue weighted by molar-refractivity contribution is 5.21. The molecule has 1 aromatic carbocycles. The van der Waals surface area contributed by atoms with Crippen molar-refractivity contribution >= 4 is 0 Å². The van der Waals surface area contributed by atoms with Crippen molar-refractivity contribution in [3.05, 3.63) is 35.6 Å². The van der Waals surface area contributed by atoms with Crippen molar-refractivity contribution in [1.82, 2.24) is 5.32 Å². The van der Waals surface area contributed by atoms with Gasteiger partial charge in [-0.15, -0.1) is 0 Å². The molecule has 0 aromatic heterocycles. The maximum Gasteiger partial charge on any atom is 0.123 e. The number of hydrogen-bond donors (Lipinski definition) is 1. The molecule has 0 saturated heterocycles. The number of rotatable bonds is 10. The Hall–Kier alpha value is -0.930. The van der Waals surface area contributed by atoms with Crippen LogP contribution < -0.4 is 5.32 Å². The Kier molecular flexibility index (Phi) is 8.43. The van der Waals surface area contributed by atoms with Gasteiger partial charge in [0.1, 0.15) is 5.82 Å². The van der Waals surface area contributed by atoms with Crippen LogP contribution in [0, 0.1) is 5.82 Å².